The third-order valence-electron chi connectivity index (χ3n) is 5.53. The minimum Gasteiger partial charge on any atom is -0.334 e. The molecule has 32 heavy (non-hydrogen) atoms. The third kappa shape index (κ3) is 5.41. The lowest BCUT2D eigenvalue weighted by Crippen LogP contribution is -2.53. The number of benzene rings is 1. The van der Waals surface area contributed by atoms with Gasteiger partial charge in [0.05, 0.1) is 12.7 Å². The average molecular weight is 455 g/mol. The van der Waals surface area contributed by atoms with Crippen LogP contribution in [0.4, 0.5) is 0 Å². The van der Waals surface area contributed by atoms with Crippen LogP contribution in [-0.2, 0) is 24.9 Å². The van der Waals surface area contributed by atoms with Gasteiger partial charge in [-0.25, -0.2) is 0 Å². The molecule has 0 radical (unpaired) electrons. The molecule has 9 nitrogen and oxygen atoms in total. The van der Waals surface area contributed by atoms with Crippen LogP contribution in [0, 0.1) is 6.92 Å². The van der Waals surface area contributed by atoms with Crippen molar-refractivity contribution in [2.75, 3.05) is 19.6 Å². The molecule has 1 atom stereocenters. The Kier molecular flexibility index (Phi) is 6.66. The highest BCUT2D eigenvalue weighted by molar-refractivity contribution is 6.30. The molecule has 3 aromatic rings. The lowest BCUT2D eigenvalue weighted by atomic mass is 10.1. The quantitative estimate of drug-likeness (QED) is 0.531. The number of carbonyl (C=O) groups excluding carboxylic acids is 1. The minimum absolute atomic E-state index is 0.00848. The fourth-order valence-electron chi connectivity index (χ4n) is 3.99. The Morgan fingerprint density at radius 1 is 1.28 bits per heavy atom. The first-order valence-electron chi connectivity index (χ1n) is 10.6. The molecule has 168 valence electrons. The van der Waals surface area contributed by atoms with E-state index < -0.39 is 0 Å². The van der Waals surface area contributed by atoms with Crippen molar-refractivity contribution in [3.05, 3.63) is 64.2 Å². The van der Waals surface area contributed by atoms with Crippen LogP contribution in [0.15, 0.2) is 36.7 Å². The first-order valence-corrected chi connectivity index (χ1v) is 11.0. The van der Waals surface area contributed by atoms with Gasteiger partial charge in [0.2, 0.25) is 5.91 Å². The summed E-state index contributed by atoms with van der Waals surface area (Å²) >= 11 is 6.19. The number of carbonyl (C=O) groups is 1. The number of rotatable bonds is 6. The summed E-state index contributed by atoms with van der Waals surface area (Å²) in [5.74, 6) is 0.616. The van der Waals surface area contributed by atoms with Gasteiger partial charge in [-0.2, -0.15) is 9.90 Å². The Labute approximate surface area is 192 Å². The lowest BCUT2D eigenvalue weighted by Gasteiger charge is -2.39. The van der Waals surface area contributed by atoms with Crippen LogP contribution < -0.4 is 0 Å². The molecule has 1 unspecified atom stereocenters. The summed E-state index contributed by atoms with van der Waals surface area (Å²) in [6, 6.07) is 5.71. The van der Waals surface area contributed by atoms with E-state index in [-0.39, 0.29) is 11.9 Å². The zero-order valence-corrected chi connectivity index (χ0v) is 19.3. The Morgan fingerprint density at radius 2 is 2.12 bits per heavy atom. The molecule has 0 bridgehead atoms. The Morgan fingerprint density at radius 3 is 2.81 bits per heavy atom. The van der Waals surface area contributed by atoms with E-state index in [1.807, 2.05) is 53.3 Å². The molecule has 4 rings (SSSR count). The summed E-state index contributed by atoms with van der Waals surface area (Å²) < 4.78 is 1.81. The molecule has 0 aliphatic carbocycles. The Bertz CT molecular complexity index is 1120. The molecule has 0 N–H and O–H groups in total. The lowest BCUT2D eigenvalue weighted by molar-refractivity contribution is -0.130. The minimum atomic E-state index is 0.00848. The highest BCUT2D eigenvalue weighted by atomic mass is 35.5. The van der Waals surface area contributed by atoms with Gasteiger partial charge in [0.1, 0.15) is 0 Å². The Balaban J connectivity index is 1.40. The maximum Gasteiger partial charge on any atom is 0.246 e. The zero-order valence-electron chi connectivity index (χ0n) is 18.5. The molecule has 1 amide bonds. The van der Waals surface area contributed by atoms with Crippen molar-refractivity contribution in [2.45, 2.75) is 33.0 Å². The van der Waals surface area contributed by atoms with Crippen molar-refractivity contribution in [3.63, 3.8) is 0 Å². The van der Waals surface area contributed by atoms with Crippen molar-refractivity contribution in [2.24, 2.45) is 7.05 Å². The van der Waals surface area contributed by atoms with Crippen molar-refractivity contribution in [3.8, 4) is 0 Å². The van der Waals surface area contributed by atoms with Gasteiger partial charge in [-0.05, 0) is 48.4 Å². The van der Waals surface area contributed by atoms with Gasteiger partial charge in [0.15, 0.2) is 5.82 Å². The number of tetrazole rings is 1. The van der Waals surface area contributed by atoms with Gasteiger partial charge in [0.25, 0.3) is 0 Å². The molecule has 0 saturated carbocycles. The van der Waals surface area contributed by atoms with E-state index in [0.717, 1.165) is 30.8 Å². The monoisotopic (exact) mass is 454 g/mol. The number of nitrogens with zero attached hydrogens (tertiary/aromatic N) is 8. The van der Waals surface area contributed by atoms with Gasteiger partial charge < -0.3 is 4.90 Å². The van der Waals surface area contributed by atoms with E-state index in [4.69, 9.17) is 11.6 Å². The summed E-state index contributed by atoms with van der Waals surface area (Å²) in [5.41, 5.74) is 3.01. The summed E-state index contributed by atoms with van der Waals surface area (Å²) in [4.78, 5) is 18.7. The van der Waals surface area contributed by atoms with E-state index in [1.165, 1.54) is 10.4 Å². The standard InChI is InChI=1S/C22H27ClN8O/c1-16-12-29(14-18-11-24-28(3)13-18)8-9-30(16)22(32)7-5-19-4-6-21(23)10-20(19)15-31-26-17(2)25-27-31/h4-7,10-11,13,16H,8-9,12,14-15H2,1-3H3. The van der Waals surface area contributed by atoms with E-state index in [0.29, 0.717) is 23.9 Å². The van der Waals surface area contributed by atoms with Crippen molar-refractivity contribution < 1.29 is 4.79 Å². The molecule has 0 spiro atoms. The van der Waals surface area contributed by atoms with Gasteiger partial charge >= 0.3 is 0 Å². The maximum absolute atomic E-state index is 12.9. The smallest absolute Gasteiger partial charge is 0.246 e. The van der Waals surface area contributed by atoms with E-state index in [9.17, 15) is 4.79 Å². The second kappa shape index (κ2) is 9.62. The molecule has 2 aromatic heterocycles. The molecule has 1 aromatic carbocycles. The largest absolute Gasteiger partial charge is 0.334 e. The molecule has 1 aliphatic rings. The Hall–Kier alpha value is -3.04. The van der Waals surface area contributed by atoms with Gasteiger partial charge in [-0.1, -0.05) is 17.7 Å². The number of piperazine rings is 1. The first kappa shape index (κ1) is 22.2. The van der Waals surface area contributed by atoms with Gasteiger partial charge in [-0.3, -0.25) is 14.4 Å². The molecular weight excluding hydrogens is 428 g/mol. The van der Waals surface area contributed by atoms with Crippen LogP contribution in [-0.4, -0.2) is 71.4 Å². The molecule has 1 aliphatic heterocycles. The van der Waals surface area contributed by atoms with Crippen LogP contribution >= 0.6 is 11.6 Å². The van der Waals surface area contributed by atoms with Crippen molar-refractivity contribution in [1.82, 2.24) is 39.8 Å². The van der Waals surface area contributed by atoms with Gasteiger partial charge in [0, 0.05) is 62.1 Å². The number of aromatic nitrogens is 6. The second-order valence-electron chi connectivity index (χ2n) is 8.18. The topological polar surface area (TPSA) is 85.0 Å². The molecule has 3 heterocycles. The number of aryl methyl sites for hydroxylation is 2. The van der Waals surface area contributed by atoms with Gasteiger partial charge in [-0.15, -0.1) is 10.2 Å². The SMILES string of the molecule is Cc1nnn(Cc2cc(Cl)ccc2C=CC(=O)N2CCN(Cc3cnn(C)c3)CC2C)n1. The van der Waals surface area contributed by atoms with Crippen molar-refractivity contribution in [1.29, 1.82) is 0 Å². The van der Waals surface area contributed by atoms with Crippen LogP contribution in [0.3, 0.4) is 0 Å². The average Bonchev–Trinajstić information content (AvgIpc) is 3.34. The number of hydrogen-bond acceptors (Lipinski definition) is 6. The van der Waals surface area contributed by atoms with Crippen LogP contribution in [0.1, 0.15) is 29.4 Å². The third-order valence-corrected chi connectivity index (χ3v) is 5.77. The highest BCUT2D eigenvalue weighted by Crippen LogP contribution is 2.19. The van der Waals surface area contributed by atoms with Crippen LogP contribution in [0.2, 0.25) is 5.02 Å². The summed E-state index contributed by atoms with van der Waals surface area (Å²) in [6.45, 7) is 7.52. The van der Waals surface area contributed by atoms with Crippen LogP contribution in [0.25, 0.3) is 6.08 Å². The summed E-state index contributed by atoms with van der Waals surface area (Å²) in [6.07, 6.45) is 7.40. The highest BCUT2D eigenvalue weighted by Gasteiger charge is 2.26. The zero-order chi connectivity index (χ0) is 22.7. The normalized spacial score (nSPS) is 17.4. The summed E-state index contributed by atoms with van der Waals surface area (Å²) in [7, 11) is 1.92. The fourth-order valence-corrected chi connectivity index (χ4v) is 4.18. The van der Waals surface area contributed by atoms with E-state index in [1.54, 1.807) is 13.0 Å². The van der Waals surface area contributed by atoms with Crippen molar-refractivity contribution >= 4 is 23.6 Å². The fraction of sp³-hybridized carbons (Fsp3) is 0.409. The van der Waals surface area contributed by atoms with E-state index in [2.05, 4.69) is 32.3 Å². The van der Waals surface area contributed by atoms with E-state index >= 15 is 0 Å². The number of halogens is 1. The molecular formula is C22H27ClN8O. The number of hydrogen-bond donors (Lipinski definition) is 0. The molecule has 1 fully saturated rings. The molecule has 1 saturated heterocycles. The first-order chi connectivity index (χ1) is 15.4. The number of amides is 1. The van der Waals surface area contributed by atoms with Crippen LogP contribution in [0.5, 0.6) is 0 Å². The summed E-state index contributed by atoms with van der Waals surface area (Å²) in [5, 5.41) is 17.0. The second-order valence-corrected chi connectivity index (χ2v) is 8.62. The predicted molar refractivity (Wildman–Crippen MR) is 122 cm³/mol. The predicted octanol–water partition coefficient (Wildman–Crippen LogP) is 2.16. The molecule has 10 heteroatoms. The maximum atomic E-state index is 12.9.